The third kappa shape index (κ3) is 4.57. The summed E-state index contributed by atoms with van der Waals surface area (Å²) in [6.07, 6.45) is 6.49. The summed E-state index contributed by atoms with van der Waals surface area (Å²) in [5.41, 5.74) is 5.49. The Hall–Kier alpha value is -0.0300. The van der Waals surface area contributed by atoms with E-state index in [0.717, 1.165) is 44.8 Å². The molecule has 0 atom stereocenters. The topological polar surface area (TPSA) is 58.4 Å². The minimum Gasteiger partial charge on any atom is -0.353 e. The van der Waals surface area contributed by atoms with E-state index in [2.05, 4.69) is 17.3 Å². The Kier molecular flexibility index (Phi) is 7.52. The molecule has 4 nitrogen and oxygen atoms in total. The molecule has 18 heavy (non-hydrogen) atoms. The van der Waals surface area contributed by atoms with Crippen molar-refractivity contribution < 1.29 is 4.79 Å². The molecule has 3 N–H and O–H groups in total. The summed E-state index contributed by atoms with van der Waals surface area (Å²) in [5, 5.41) is 2.97. The lowest BCUT2D eigenvalue weighted by Gasteiger charge is -2.23. The van der Waals surface area contributed by atoms with Crippen molar-refractivity contribution >= 4 is 30.7 Å². The zero-order valence-corrected chi connectivity index (χ0v) is 12.6. The molecule has 0 aromatic heterocycles. The van der Waals surface area contributed by atoms with Crippen molar-refractivity contribution in [3.05, 3.63) is 0 Å². The number of nitrogens with zero attached hydrogens (tertiary/aromatic N) is 1. The predicted molar refractivity (Wildman–Crippen MR) is 78.5 cm³/mol. The zero-order valence-electron chi connectivity index (χ0n) is 11.0. The van der Waals surface area contributed by atoms with Gasteiger partial charge >= 0.3 is 0 Å². The first-order chi connectivity index (χ1) is 7.62. The number of amides is 1. The fraction of sp³-hybridized carbons (Fsp3) is 0.917. The molecule has 108 valence electrons. The number of nitrogens with one attached hydrogen (secondary N) is 1. The van der Waals surface area contributed by atoms with Crippen LogP contribution in [0.5, 0.6) is 0 Å². The normalized spacial score (nSPS) is 21.1. The Bertz CT molecular complexity index is 266. The van der Waals surface area contributed by atoms with Crippen LogP contribution in [0.25, 0.3) is 0 Å². The van der Waals surface area contributed by atoms with E-state index in [0.29, 0.717) is 0 Å². The van der Waals surface area contributed by atoms with Gasteiger partial charge in [0.25, 0.3) is 0 Å². The molecule has 0 aliphatic heterocycles. The average Bonchev–Trinajstić information content (AvgIpc) is 3.01. The molecule has 2 fully saturated rings. The first kappa shape index (κ1) is 18.0. The van der Waals surface area contributed by atoms with E-state index >= 15 is 0 Å². The minimum absolute atomic E-state index is 0. The number of likely N-dealkylation sites (N-methyl/N-ethyl adjacent to an activating group) is 1. The van der Waals surface area contributed by atoms with Gasteiger partial charge in [-0.25, -0.2) is 0 Å². The molecular formula is C12H25Cl2N3O. The largest absolute Gasteiger partial charge is 0.353 e. The molecular weight excluding hydrogens is 273 g/mol. The second-order valence-electron chi connectivity index (χ2n) is 5.33. The third-order valence-electron chi connectivity index (χ3n) is 3.87. The van der Waals surface area contributed by atoms with Crippen LogP contribution < -0.4 is 11.1 Å². The van der Waals surface area contributed by atoms with Crippen molar-refractivity contribution in [2.24, 2.45) is 5.73 Å². The highest BCUT2D eigenvalue weighted by atomic mass is 35.5. The number of hydrogen-bond donors (Lipinski definition) is 2. The van der Waals surface area contributed by atoms with Crippen molar-refractivity contribution in [3.8, 4) is 0 Å². The van der Waals surface area contributed by atoms with Crippen molar-refractivity contribution in [2.75, 3.05) is 20.1 Å². The van der Waals surface area contributed by atoms with Gasteiger partial charge in [0.2, 0.25) is 5.91 Å². The number of halogens is 2. The molecule has 0 aromatic carbocycles. The minimum atomic E-state index is -0.571. The van der Waals surface area contributed by atoms with E-state index in [-0.39, 0.29) is 30.7 Å². The number of carbonyl (C=O) groups is 1. The van der Waals surface area contributed by atoms with Gasteiger partial charge in [0.05, 0.1) is 5.54 Å². The zero-order chi connectivity index (χ0) is 11.6. The Morgan fingerprint density at radius 3 is 2.39 bits per heavy atom. The van der Waals surface area contributed by atoms with Gasteiger partial charge in [0, 0.05) is 19.1 Å². The molecule has 2 rings (SSSR count). The number of hydrogen-bond acceptors (Lipinski definition) is 3. The van der Waals surface area contributed by atoms with E-state index in [1.807, 2.05) is 0 Å². The average molecular weight is 298 g/mol. The Morgan fingerprint density at radius 2 is 1.89 bits per heavy atom. The number of carbonyl (C=O) groups excluding carboxylic acids is 1. The number of rotatable bonds is 5. The standard InChI is InChI=1S/C12H23N3O.2ClH/c1-15(10-4-5-10)9-8-14-11(16)12(13)6-2-3-7-12;;/h10H,2-9,13H2,1H3,(H,14,16);2*1H. The van der Waals surface area contributed by atoms with E-state index in [4.69, 9.17) is 5.73 Å². The monoisotopic (exact) mass is 297 g/mol. The van der Waals surface area contributed by atoms with Crippen LogP contribution in [0.4, 0.5) is 0 Å². The van der Waals surface area contributed by atoms with Gasteiger partial charge in [0.1, 0.15) is 0 Å². The smallest absolute Gasteiger partial charge is 0.240 e. The van der Waals surface area contributed by atoms with Crippen LogP contribution in [0, 0.1) is 0 Å². The lowest BCUT2D eigenvalue weighted by atomic mass is 9.98. The van der Waals surface area contributed by atoms with Crippen LogP contribution in [-0.2, 0) is 4.79 Å². The fourth-order valence-corrected chi connectivity index (χ4v) is 2.45. The molecule has 0 radical (unpaired) electrons. The van der Waals surface area contributed by atoms with Gasteiger partial charge in [0.15, 0.2) is 0 Å². The van der Waals surface area contributed by atoms with Crippen molar-refractivity contribution in [1.82, 2.24) is 10.2 Å². The van der Waals surface area contributed by atoms with Crippen molar-refractivity contribution in [3.63, 3.8) is 0 Å². The Balaban J connectivity index is 0.00000144. The quantitative estimate of drug-likeness (QED) is 0.804. The SMILES string of the molecule is CN(CCNC(=O)C1(N)CCCC1)C1CC1.Cl.Cl. The van der Waals surface area contributed by atoms with Gasteiger partial charge in [-0.05, 0) is 32.7 Å². The van der Waals surface area contributed by atoms with Gasteiger partial charge in [-0.1, -0.05) is 12.8 Å². The van der Waals surface area contributed by atoms with Crippen LogP contribution in [0.3, 0.4) is 0 Å². The van der Waals surface area contributed by atoms with E-state index in [9.17, 15) is 4.79 Å². The first-order valence-electron chi connectivity index (χ1n) is 6.39. The molecule has 2 aliphatic carbocycles. The van der Waals surface area contributed by atoms with Crippen LogP contribution in [0.15, 0.2) is 0 Å². The van der Waals surface area contributed by atoms with Crippen LogP contribution in [0.2, 0.25) is 0 Å². The molecule has 0 heterocycles. The lowest BCUT2D eigenvalue weighted by Crippen LogP contribution is -2.53. The first-order valence-corrected chi connectivity index (χ1v) is 6.39. The van der Waals surface area contributed by atoms with Crippen LogP contribution >= 0.6 is 24.8 Å². The van der Waals surface area contributed by atoms with Crippen LogP contribution in [-0.4, -0.2) is 42.5 Å². The molecule has 0 spiro atoms. The maximum atomic E-state index is 11.9. The van der Waals surface area contributed by atoms with Gasteiger partial charge < -0.3 is 16.0 Å². The molecule has 2 aliphatic rings. The van der Waals surface area contributed by atoms with Crippen molar-refractivity contribution in [1.29, 1.82) is 0 Å². The third-order valence-corrected chi connectivity index (χ3v) is 3.87. The van der Waals surface area contributed by atoms with Crippen molar-refractivity contribution in [2.45, 2.75) is 50.1 Å². The van der Waals surface area contributed by atoms with Gasteiger partial charge in [-0.2, -0.15) is 0 Å². The summed E-state index contributed by atoms with van der Waals surface area (Å²) in [4.78, 5) is 14.2. The predicted octanol–water partition coefficient (Wildman–Crippen LogP) is 1.31. The molecule has 0 unspecified atom stereocenters. The molecule has 0 bridgehead atoms. The summed E-state index contributed by atoms with van der Waals surface area (Å²) in [5.74, 6) is 0.0502. The van der Waals surface area contributed by atoms with Gasteiger partial charge in [-0.3, -0.25) is 4.79 Å². The summed E-state index contributed by atoms with van der Waals surface area (Å²) in [6.45, 7) is 1.66. The second kappa shape index (κ2) is 7.53. The summed E-state index contributed by atoms with van der Waals surface area (Å²) in [7, 11) is 2.12. The molecule has 2 saturated carbocycles. The summed E-state index contributed by atoms with van der Waals surface area (Å²) in [6, 6.07) is 0.759. The fourth-order valence-electron chi connectivity index (χ4n) is 2.45. The van der Waals surface area contributed by atoms with E-state index < -0.39 is 5.54 Å². The Labute approximate surface area is 122 Å². The maximum absolute atomic E-state index is 11.9. The maximum Gasteiger partial charge on any atom is 0.240 e. The molecule has 6 heteroatoms. The highest BCUT2D eigenvalue weighted by molar-refractivity contribution is 5.86. The van der Waals surface area contributed by atoms with Crippen LogP contribution in [0.1, 0.15) is 38.5 Å². The second-order valence-corrected chi connectivity index (χ2v) is 5.33. The van der Waals surface area contributed by atoms with E-state index in [1.54, 1.807) is 0 Å². The van der Waals surface area contributed by atoms with E-state index in [1.165, 1.54) is 12.8 Å². The highest BCUT2D eigenvalue weighted by Crippen LogP contribution is 2.27. The molecule has 0 aromatic rings. The Morgan fingerprint density at radius 1 is 1.33 bits per heavy atom. The van der Waals surface area contributed by atoms with Gasteiger partial charge in [-0.15, -0.1) is 24.8 Å². The summed E-state index contributed by atoms with van der Waals surface area (Å²) < 4.78 is 0. The lowest BCUT2D eigenvalue weighted by molar-refractivity contribution is -0.126. The number of nitrogens with two attached hydrogens (primary N) is 1. The highest BCUT2D eigenvalue weighted by Gasteiger charge is 2.36. The molecule has 0 saturated heterocycles. The molecule has 1 amide bonds. The summed E-state index contributed by atoms with van der Waals surface area (Å²) >= 11 is 0.